The lowest BCUT2D eigenvalue weighted by Gasteiger charge is -2.40. The van der Waals surface area contributed by atoms with Gasteiger partial charge in [-0.2, -0.15) is 0 Å². The molecule has 0 unspecified atom stereocenters. The average molecular weight is 345 g/mol. The van der Waals surface area contributed by atoms with Crippen LogP contribution in [0.2, 0.25) is 0 Å². The number of imidazole rings is 1. The Morgan fingerprint density at radius 3 is 2.33 bits per heavy atom. The number of piperidine rings is 2. The molecule has 2 aliphatic rings. The Hall–Kier alpha value is -1.17. The minimum Gasteiger partial charge on any atom is -0.320 e. The molecule has 1 aromatic heterocycles. The summed E-state index contributed by atoms with van der Waals surface area (Å²) in [4.78, 5) is 5.31. The third-order valence-corrected chi connectivity index (χ3v) is 6.35. The highest BCUT2D eigenvalue weighted by Gasteiger charge is 2.25. The van der Waals surface area contributed by atoms with Crippen molar-refractivity contribution in [2.24, 2.45) is 7.05 Å². The van der Waals surface area contributed by atoms with E-state index in [4.69, 9.17) is 12.2 Å². The van der Waals surface area contributed by atoms with Crippen molar-refractivity contribution in [3.63, 3.8) is 0 Å². The molecular formula is C19H28N4S. The lowest BCUT2D eigenvalue weighted by atomic mass is 10.0. The van der Waals surface area contributed by atoms with Gasteiger partial charge in [-0.15, -0.1) is 0 Å². The van der Waals surface area contributed by atoms with E-state index in [0.29, 0.717) is 0 Å². The van der Waals surface area contributed by atoms with Crippen LogP contribution in [0.4, 0.5) is 0 Å². The second kappa shape index (κ2) is 6.98. The van der Waals surface area contributed by atoms with Crippen LogP contribution in [0.25, 0.3) is 11.0 Å². The van der Waals surface area contributed by atoms with Gasteiger partial charge in [-0.25, -0.2) is 0 Å². The molecule has 0 amide bonds. The minimum atomic E-state index is 0.807. The summed E-state index contributed by atoms with van der Waals surface area (Å²) in [7, 11) is 2.07. The molecule has 0 atom stereocenters. The van der Waals surface area contributed by atoms with Crippen LogP contribution in [-0.4, -0.2) is 51.2 Å². The Balaban J connectivity index is 1.44. The molecule has 2 aliphatic heterocycles. The van der Waals surface area contributed by atoms with Crippen molar-refractivity contribution in [1.82, 2.24) is 18.9 Å². The maximum Gasteiger partial charge on any atom is 0.181 e. The molecule has 0 aliphatic carbocycles. The zero-order valence-electron chi connectivity index (χ0n) is 14.7. The Morgan fingerprint density at radius 1 is 0.958 bits per heavy atom. The molecular weight excluding hydrogens is 316 g/mol. The summed E-state index contributed by atoms with van der Waals surface area (Å²) in [6.07, 6.45) is 6.82. The summed E-state index contributed by atoms with van der Waals surface area (Å²) in [6, 6.07) is 9.35. The van der Waals surface area contributed by atoms with Gasteiger partial charge >= 0.3 is 0 Å². The standard InChI is InChI=1S/C19H28N4S/c1-20-17-7-3-4-8-18(17)23(19(20)24)15-21-13-9-16(10-14-21)22-11-5-2-6-12-22/h3-4,7-8,16H,2,5-6,9-15H2,1H3. The first-order valence-electron chi connectivity index (χ1n) is 9.35. The SMILES string of the molecule is Cn1c(=S)n(CN2CCC(N3CCCCC3)CC2)c2ccccc21. The lowest BCUT2D eigenvalue weighted by Crippen LogP contribution is -2.46. The highest BCUT2D eigenvalue weighted by Crippen LogP contribution is 2.23. The fourth-order valence-corrected chi connectivity index (χ4v) is 4.66. The van der Waals surface area contributed by atoms with Crippen LogP contribution >= 0.6 is 12.2 Å². The van der Waals surface area contributed by atoms with E-state index >= 15 is 0 Å². The van der Waals surface area contributed by atoms with Gasteiger partial charge in [-0.3, -0.25) is 4.90 Å². The van der Waals surface area contributed by atoms with Gasteiger partial charge in [0.25, 0.3) is 0 Å². The number of aromatic nitrogens is 2. The first-order chi connectivity index (χ1) is 11.7. The second-order valence-electron chi connectivity index (χ2n) is 7.35. The van der Waals surface area contributed by atoms with E-state index in [9.17, 15) is 0 Å². The molecule has 2 fully saturated rings. The summed E-state index contributed by atoms with van der Waals surface area (Å²) in [5.74, 6) is 0. The van der Waals surface area contributed by atoms with Gasteiger partial charge in [0, 0.05) is 26.2 Å². The molecule has 0 radical (unpaired) electrons. The number of aryl methyl sites for hydroxylation is 1. The molecule has 0 saturated carbocycles. The topological polar surface area (TPSA) is 16.3 Å². The number of hydrogen-bond acceptors (Lipinski definition) is 3. The number of para-hydroxylation sites is 2. The predicted octanol–water partition coefficient (Wildman–Crippen LogP) is 3.62. The average Bonchev–Trinajstić information content (AvgIpc) is 2.88. The Morgan fingerprint density at radius 2 is 1.62 bits per heavy atom. The van der Waals surface area contributed by atoms with E-state index in [2.05, 4.69) is 50.2 Å². The summed E-state index contributed by atoms with van der Waals surface area (Å²) in [5.41, 5.74) is 2.48. The van der Waals surface area contributed by atoms with Gasteiger partial charge in [0.05, 0.1) is 17.7 Å². The van der Waals surface area contributed by atoms with E-state index in [-0.39, 0.29) is 0 Å². The summed E-state index contributed by atoms with van der Waals surface area (Å²) < 4.78 is 5.35. The van der Waals surface area contributed by atoms with Crippen molar-refractivity contribution >= 4 is 23.3 Å². The molecule has 5 heteroatoms. The zero-order chi connectivity index (χ0) is 16.5. The van der Waals surface area contributed by atoms with E-state index < -0.39 is 0 Å². The molecule has 4 nitrogen and oxygen atoms in total. The Kier molecular flexibility index (Phi) is 4.74. The van der Waals surface area contributed by atoms with Crippen molar-refractivity contribution in [3.8, 4) is 0 Å². The van der Waals surface area contributed by atoms with Gasteiger partial charge in [0.1, 0.15) is 0 Å². The van der Waals surface area contributed by atoms with E-state index in [1.54, 1.807) is 0 Å². The molecule has 2 saturated heterocycles. The molecule has 3 heterocycles. The Labute approximate surface area is 149 Å². The summed E-state index contributed by atoms with van der Waals surface area (Å²) in [6.45, 7) is 5.93. The number of hydrogen-bond donors (Lipinski definition) is 0. The third-order valence-electron chi connectivity index (χ3n) is 5.86. The maximum atomic E-state index is 5.68. The normalized spacial score (nSPS) is 21.5. The Bertz CT molecular complexity index is 748. The molecule has 24 heavy (non-hydrogen) atoms. The molecule has 1 aromatic carbocycles. The van der Waals surface area contributed by atoms with Crippen LogP contribution < -0.4 is 0 Å². The van der Waals surface area contributed by atoms with Crippen molar-refractivity contribution in [2.75, 3.05) is 26.2 Å². The molecule has 2 aromatic rings. The summed E-state index contributed by atoms with van der Waals surface area (Å²) >= 11 is 5.68. The number of rotatable bonds is 3. The van der Waals surface area contributed by atoms with Crippen LogP contribution in [0, 0.1) is 4.77 Å². The second-order valence-corrected chi connectivity index (χ2v) is 7.71. The van der Waals surface area contributed by atoms with Gasteiger partial charge in [-0.1, -0.05) is 18.6 Å². The van der Waals surface area contributed by atoms with Crippen molar-refractivity contribution in [1.29, 1.82) is 0 Å². The number of fused-ring (bicyclic) bond motifs is 1. The molecule has 130 valence electrons. The maximum absolute atomic E-state index is 5.68. The zero-order valence-corrected chi connectivity index (χ0v) is 15.5. The third kappa shape index (κ3) is 3.05. The van der Waals surface area contributed by atoms with Gasteiger partial charge in [0.15, 0.2) is 4.77 Å². The first kappa shape index (κ1) is 16.3. The fourth-order valence-electron chi connectivity index (χ4n) is 4.41. The van der Waals surface area contributed by atoms with Gasteiger partial charge in [0.2, 0.25) is 0 Å². The van der Waals surface area contributed by atoms with Crippen molar-refractivity contribution in [3.05, 3.63) is 29.0 Å². The highest BCUT2D eigenvalue weighted by molar-refractivity contribution is 7.71. The molecule has 0 bridgehead atoms. The van der Waals surface area contributed by atoms with E-state index in [1.807, 2.05) is 0 Å². The lowest BCUT2D eigenvalue weighted by molar-refractivity contribution is 0.0795. The van der Waals surface area contributed by atoms with E-state index in [0.717, 1.165) is 17.5 Å². The smallest absolute Gasteiger partial charge is 0.181 e. The van der Waals surface area contributed by atoms with Crippen molar-refractivity contribution in [2.45, 2.75) is 44.8 Å². The number of likely N-dealkylation sites (tertiary alicyclic amines) is 2. The van der Waals surface area contributed by atoms with Gasteiger partial charge in [-0.05, 0) is 63.1 Å². The van der Waals surface area contributed by atoms with Crippen LogP contribution in [-0.2, 0) is 13.7 Å². The highest BCUT2D eigenvalue weighted by atomic mass is 32.1. The van der Waals surface area contributed by atoms with Crippen LogP contribution in [0.1, 0.15) is 32.1 Å². The largest absolute Gasteiger partial charge is 0.320 e. The molecule has 0 spiro atoms. The van der Waals surface area contributed by atoms with Crippen LogP contribution in [0.3, 0.4) is 0 Å². The van der Waals surface area contributed by atoms with Gasteiger partial charge < -0.3 is 14.0 Å². The quantitative estimate of drug-likeness (QED) is 0.791. The van der Waals surface area contributed by atoms with Crippen LogP contribution in [0.15, 0.2) is 24.3 Å². The minimum absolute atomic E-state index is 0.807. The summed E-state index contributed by atoms with van der Waals surface area (Å²) in [5, 5.41) is 0. The number of benzene rings is 1. The van der Waals surface area contributed by atoms with Crippen LogP contribution in [0.5, 0.6) is 0 Å². The molecule has 0 N–H and O–H groups in total. The van der Waals surface area contributed by atoms with Crippen molar-refractivity contribution < 1.29 is 0 Å². The fraction of sp³-hybridized carbons (Fsp3) is 0.632. The first-order valence-corrected chi connectivity index (χ1v) is 9.75. The molecule has 4 rings (SSSR count). The predicted molar refractivity (Wildman–Crippen MR) is 102 cm³/mol. The number of nitrogens with zero attached hydrogens (tertiary/aromatic N) is 4. The van der Waals surface area contributed by atoms with E-state index in [1.165, 1.54) is 69.3 Å². The monoisotopic (exact) mass is 344 g/mol.